The summed E-state index contributed by atoms with van der Waals surface area (Å²) in [4.78, 5) is 4.57. The Morgan fingerprint density at radius 3 is 2.82 bits per heavy atom. The van der Waals surface area contributed by atoms with E-state index in [-0.39, 0.29) is 0 Å². The highest BCUT2D eigenvalue weighted by atomic mass is 15.0. The first-order chi connectivity index (χ1) is 8.34. The SMILES string of the molecule is Cn1ccnc1C1CCCCC1CNC1CC1. The Bertz CT molecular complexity index is 367. The summed E-state index contributed by atoms with van der Waals surface area (Å²) in [6.07, 6.45) is 12.3. The van der Waals surface area contributed by atoms with Gasteiger partial charge < -0.3 is 9.88 Å². The van der Waals surface area contributed by atoms with Crippen LogP contribution in [0.4, 0.5) is 0 Å². The average molecular weight is 233 g/mol. The van der Waals surface area contributed by atoms with E-state index in [1.807, 2.05) is 6.20 Å². The molecule has 2 unspecified atom stereocenters. The molecule has 0 spiro atoms. The maximum Gasteiger partial charge on any atom is 0.111 e. The van der Waals surface area contributed by atoms with Crippen molar-refractivity contribution in [2.75, 3.05) is 6.54 Å². The second-order valence-corrected chi connectivity index (χ2v) is 5.73. The molecule has 3 nitrogen and oxygen atoms in total. The quantitative estimate of drug-likeness (QED) is 0.865. The predicted octanol–water partition coefficient (Wildman–Crippen LogP) is 2.45. The third kappa shape index (κ3) is 2.54. The molecule has 2 atom stereocenters. The van der Waals surface area contributed by atoms with E-state index in [9.17, 15) is 0 Å². The zero-order valence-corrected chi connectivity index (χ0v) is 10.7. The zero-order chi connectivity index (χ0) is 11.7. The highest BCUT2D eigenvalue weighted by Gasteiger charge is 2.30. The summed E-state index contributed by atoms with van der Waals surface area (Å²) in [6.45, 7) is 1.20. The van der Waals surface area contributed by atoms with Gasteiger partial charge in [0.1, 0.15) is 5.82 Å². The van der Waals surface area contributed by atoms with Gasteiger partial charge in [-0.2, -0.15) is 0 Å². The lowest BCUT2D eigenvalue weighted by atomic mass is 9.78. The minimum atomic E-state index is 0.676. The Balaban J connectivity index is 1.68. The molecule has 0 radical (unpaired) electrons. The van der Waals surface area contributed by atoms with Crippen LogP contribution in [0.2, 0.25) is 0 Å². The van der Waals surface area contributed by atoms with E-state index in [4.69, 9.17) is 0 Å². The van der Waals surface area contributed by atoms with Crippen LogP contribution >= 0.6 is 0 Å². The number of imidazole rings is 1. The Kier molecular flexibility index (Phi) is 3.19. The number of hydrogen-bond acceptors (Lipinski definition) is 2. The summed E-state index contributed by atoms with van der Waals surface area (Å²) in [7, 11) is 2.13. The summed E-state index contributed by atoms with van der Waals surface area (Å²) >= 11 is 0. The van der Waals surface area contributed by atoms with Crippen molar-refractivity contribution in [3.63, 3.8) is 0 Å². The van der Waals surface area contributed by atoms with Crippen molar-refractivity contribution in [1.29, 1.82) is 0 Å². The van der Waals surface area contributed by atoms with Gasteiger partial charge in [0.25, 0.3) is 0 Å². The molecule has 0 aromatic carbocycles. The number of rotatable bonds is 4. The molecule has 1 N–H and O–H groups in total. The van der Waals surface area contributed by atoms with Gasteiger partial charge in [-0.25, -0.2) is 4.98 Å². The minimum absolute atomic E-state index is 0.676. The second-order valence-electron chi connectivity index (χ2n) is 5.73. The van der Waals surface area contributed by atoms with Crippen LogP contribution in [0.15, 0.2) is 12.4 Å². The van der Waals surface area contributed by atoms with Gasteiger partial charge in [-0.1, -0.05) is 12.8 Å². The van der Waals surface area contributed by atoms with Gasteiger partial charge in [0.05, 0.1) is 0 Å². The van der Waals surface area contributed by atoms with Gasteiger partial charge in [-0.15, -0.1) is 0 Å². The maximum absolute atomic E-state index is 4.57. The Labute approximate surface area is 104 Å². The summed E-state index contributed by atoms with van der Waals surface area (Å²) in [5.41, 5.74) is 0. The lowest BCUT2D eigenvalue weighted by Crippen LogP contribution is -2.31. The van der Waals surface area contributed by atoms with Crippen LogP contribution in [0.25, 0.3) is 0 Å². The zero-order valence-electron chi connectivity index (χ0n) is 10.7. The minimum Gasteiger partial charge on any atom is -0.338 e. The van der Waals surface area contributed by atoms with E-state index in [1.165, 1.54) is 50.9 Å². The van der Waals surface area contributed by atoms with Crippen LogP contribution in [0, 0.1) is 5.92 Å². The molecule has 2 saturated carbocycles. The fourth-order valence-corrected chi connectivity index (χ4v) is 3.13. The molecule has 3 rings (SSSR count). The molecule has 0 bridgehead atoms. The molecule has 2 aliphatic rings. The maximum atomic E-state index is 4.57. The summed E-state index contributed by atoms with van der Waals surface area (Å²) in [6, 6.07) is 0.832. The van der Waals surface area contributed by atoms with Gasteiger partial charge in [-0.05, 0) is 38.1 Å². The van der Waals surface area contributed by atoms with Crippen molar-refractivity contribution in [2.45, 2.75) is 50.5 Å². The molecule has 0 amide bonds. The van der Waals surface area contributed by atoms with Crippen LogP contribution in [-0.4, -0.2) is 22.1 Å². The van der Waals surface area contributed by atoms with Crippen LogP contribution in [0.5, 0.6) is 0 Å². The molecular formula is C14H23N3. The first-order valence-corrected chi connectivity index (χ1v) is 7.05. The monoisotopic (exact) mass is 233 g/mol. The number of nitrogens with zero attached hydrogens (tertiary/aromatic N) is 2. The lowest BCUT2D eigenvalue weighted by molar-refractivity contribution is 0.282. The number of nitrogens with one attached hydrogen (secondary N) is 1. The summed E-state index contributed by atoms with van der Waals surface area (Å²) < 4.78 is 2.21. The first-order valence-electron chi connectivity index (χ1n) is 7.05. The smallest absolute Gasteiger partial charge is 0.111 e. The average Bonchev–Trinajstić information content (AvgIpc) is 3.09. The first kappa shape index (κ1) is 11.3. The van der Waals surface area contributed by atoms with Crippen molar-refractivity contribution >= 4 is 0 Å². The van der Waals surface area contributed by atoms with Crippen molar-refractivity contribution in [1.82, 2.24) is 14.9 Å². The van der Waals surface area contributed by atoms with Gasteiger partial charge in [0, 0.05) is 31.4 Å². The third-order valence-corrected chi connectivity index (χ3v) is 4.35. The van der Waals surface area contributed by atoms with E-state index in [0.29, 0.717) is 5.92 Å². The standard InChI is InChI=1S/C14H23N3/c1-17-9-8-15-14(17)13-5-3-2-4-11(13)10-16-12-6-7-12/h8-9,11-13,16H,2-7,10H2,1H3. The largest absolute Gasteiger partial charge is 0.338 e. The van der Waals surface area contributed by atoms with Crippen molar-refractivity contribution in [3.8, 4) is 0 Å². The van der Waals surface area contributed by atoms with Gasteiger partial charge >= 0.3 is 0 Å². The van der Waals surface area contributed by atoms with E-state index < -0.39 is 0 Å². The summed E-state index contributed by atoms with van der Waals surface area (Å²) in [5, 5.41) is 3.70. The highest BCUT2D eigenvalue weighted by molar-refractivity contribution is 5.04. The molecule has 3 heteroatoms. The van der Waals surface area contributed by atoms with Crippen molar-refractivity contribution < 1.29 is 0 Å². The van der Waals surface area contributed by atoms with Gasteiger partial charge in [0.2, 0.25) is 0 Å². The Hall–Kier alpha value is -0.830. The normalized spacial score (nSPS) is 29.5. The molecule has 94 valence electrons. The molecule has 17 heavy (non-hydrogen) atoms. The summed E-state index contributed by atoms with van der Waals surface area (Å²) in [5.74, 6) is 2.77. The fraction of sp³-hybridized carbons (Fsp3) is 0.786. The Morgan fingerprint density at radius 2 is 2.12 bits per heavy atom. The van der Waals surface area contributed by atoms with E-state index >= 15 is 0 Å². The molecule has 2 fully saturated rings. The molecule has 1 heterocycles. The van der Waals surface area contributed by atoms with E-state index in [0.717, 1.165) is 12.0 Å². The third-order valence-electron chi connectivity index (χ3n) is 4.35. The molecule has 1 aromatic heterocycles. The van der Waals surface area contributed by atoms with E-state index in [2.05, 4.69) is 28.1 Å². The van der Waals surface area contributed by atoms with Crippen molar-refractivity contribution in [2.24, 2.45) is 13.0 Å². The molecule has 0 aliphatic heterocycles. The van der Waals surface area contributed by atoms with Crippen molar-refractivity contribution in [3.05, 3.63) is 18.2 Å². The lowest BCUT2D eigenvalue weighted by Gasteiger charge is -2.31. The van der Waals surface area contributed by atoms with Gasteiger partial charge in [0.15, 0.2) is 0 Å². The number of hydrogen-bond donors (Lipinski definition) is 1. The van der Waals surface area contributed by atoms with E-state index in [1.54, 1.807) is 0 Å². The fourth-order valence-electron chi connectivity index (χ4n) is 3.13. The Morgan fingerprint density at radius 1 is 1.29 bits per heavy atom. The number of aryl methyl sites for hydroxylation is 1. The van der Waals surface area contributed by atoms with Crippen LogP contribution in [0.3, 0.4) is 0 Å². The number of aromatic nitrogens is 2. The van der Waals surface area contributed by atoms with Crippen LogP contribution in [0.1, 0.15) is 50.3 Å². The second kappa shape index (κ2) is 4.81. The van der Waals surface area contributed by atoms with Gasteiger partial charge in [-0.3, -0.25) is 0 Å². The van der Waals surface area contributed by atoms with Crippen LogP contribution in [-0.2, 0) is 7.05 Å². The predicted molar refractivity (Wildman–Crippen MR) is 68.9 cm³/mol. The van der Waals surface area contributed by atoms with Crippen LogP contribution < -0.4 is 5.32 Å². The molecule has 1 aromatic rings. The molecule has 0 saturated heterocycles. The molecule has 2 aliphatic carbocycles. The molecular weight excluding hydrogens is 210 g/mol. The highest BCUT2D eigenvalue weighted by Crippen LogP contribution is 2.37. The topological polar surface area (TPSA) is 29.9 Å².